The molecule has 1 aliphatic heterocycles. The van der Waals surface area contributed by atoms with E-state index in [1.165, 1.54) is 22.5 Å². The molecule has 4 rings (SSSR count). The van der Waals surface area contributed by atoms with Crippen LogP contribution in [0, 0.1) is 6.92 Å². The molecule has 1 aliphatic rings. The summed E-state index contributed by atoms with van der Waals surface area (Å²) in [4.78, 5) is 20.5. The minimum Gasteiger partial charge on any atom is -0.379 e. The van der Waals surface area contributed by atoms with Crippen LogP contribution in [0.1, 0.15) is 39.0 Å². The van der Waals surface area contributed by atoms with Crippen molar-refractivity contribution in [3.05, 3.63) is 75.8 Å². The van der Waals surface area contributed by atoms with Crippen LogP contribution in [0.2, 0.25) is 0 Å². The molecule has 0 unspecified atom stereocenters. The molecule has 5 nitrogen and oxygen atoms in total. The highest BCUT2D eigenvalue weighted by Gasteiger charge is 2.16. The Morgan fingerprint density at radius 3 is 2.35 bits per heavy atom. The van der Waals surface area contributed by atoms with Gasteiger partial charge < -0.3 is 10.1 Å². The molecule has 1 saturated heterocycles. The number of nitrogens with one attached hydrogen (secondary N) is 1. The summed E-state index contributed by atoms with van der Waals surface area (Å²) in [6.07, 6.45) is 1.01. The fourth-order valence-corrected chi connectivity index (χ4v) is 4.64. The summed E-state index contributed by atoms with van der Waals surface area (Å²) in [5, 5.41) is 3.93. The van der Waals surface area contributed by atoms with Crippen LogP contribution in [0.15, 0.2) is 48.5 Å². The summed E-state index contributed by atoms with van der Waals surface area (Å²) in [5.41, 5.74) is 5.51. The standard InChI is InChI=1S/C25H29N3O2S/c1-3-19-8-10-22(11-9-19)25-27-18(2)23(31-25)24(29)26-16-20-4-6-21(7-5-20)17-28-12-14-30-15-13-28/h4-11H,3,12-17H2,1-2H3,(H,26,29). The van der Waals surface area contributed by atoms with Gasteiger partial charge in [0, 0.05) is 31.7 Å². The minimum atomic E-state index is -0.0659. The molecule has 6 heteroatoms. The van der Waals surface area contributed by atoms with Crippen molar-refractivity contribution in [2.45, 2.75) is 33.4 Å². The topological polar surface area (TPSA) is 54.5 Å². The number of nitrogens with zero attached hydrogens (tertiary/aromatic N) is 2. The largest absolute Gasteiger partial charge is 0.379 e. The summed E-state index contributed by atoms with van der Waals surface area (Å²) >= 11 is 1.45. The Kier molecular flexibility index (Phi) is 7.12. The van der Waals surface area contributed by atoms with Gasteiger partial charge in [0.15, 0.2) is 0 Å². The van der Waals surface area contributed by atoms with E-state index < -0.39 is 0 Å². The van der Waals surface area contributed by atoms with Crippen molar-refractivity contribution in [2.75, 3.05) is 26.3 Å². The molecule has 1 N–H and O–H groups in total. The van der Waals surface area contributed by atoms with Gasteiger partial charge in [-0.25, -0.2) is 4.98 Å². The van der Waals surface area contributed by atoms with E-state index in [9.17, 15) is 4.79 Å². The maximum Gasteiger partial charge on any atom is 0.263 e. The van der Waals surface area contributed by atoms with Crippen LogP contribution in [0.4, 0.5) is 0 Å². The Balaban J connectivity index is 1.34. The van der Waals surface area contributed by atoms with Gasteiger partial charge in [-0.3, -0.25) is 9.69 Å². The number of aryl methyl sites for hydroxylation is 2. The predicted molar refractivity (Wildman–Crippen MR) is 125 cm³/mol. The van der Waals surface area contributed by atoms with Crippen molar-refractivity contribution in [3.63, 3.8) is 0 Å². The number of hydrogen-bond donors (Lipinski definition) is 1. The Labute approximate surface area is 188 Å². The fourth-order valence-electron chi connectivity index (χ4n) is 3.66. The zero-order valence-electron chi connectivity index (χ0n) is 18.2. The zero-order valence-corrected chi connectivity index (χ0v) is 19.0. The van der Waals surface area contributed by atoms with Gasteiger partial charge in [-0.2, -0.15) is 0 Å². The number of ether oxygens (including phenoxy) is 1. The zero-order chi connectivity index (χ0) is 21.6. The number of benzene rings is 2. The monoisotopic (exact) mass is 435 g/mol. The second-order valence-electron chi connectivity index (χ2n) is 7.87. The van der Waals surface area contributed by atoms with E-state index in [-0.39, 0.29) is 5.91 Å². The van der Waals surface area contributed by atoms with Crippen molar-refractivity contribution >= 4 is 17.2 Å². The van der Waals surface area contributed by atoms with Gasteiger partial charge in [0.25, 0.3) is 5.91 Å². The maximum absolute atomic E-state index is 12.8. The lowest BCUT2D eigenvalue weighted by molar-refractivity contribution is 0.0342. The smallest absolute Gasteiger partial charge is 0.263 e. The number of aromatic nitrogens is 1. The third kappa shape index (κ3) is 5.58. The molecule has 0 saturated carbocycles. The Morgan fingerprint density at radius 1 is 1.03 bits per heavy atom. The fraction of sp³-hybridized carbons (Fsp3) is 0.360. The summed E-state index contributed by atoms with van der Waals surface area (Å²) < 4.78 is 5.41. The summed E-state index contributed by atoms with van der Waals surface area (Å²) in [5.74, 6) is -0.0659. The number of hydrogen-bond acceptors (Lipinski definition) is 5. The second kappa shape index (κ2) is 10.2. The third-order valence-electron chi connectivity index (χ3n) is 5.60. The first-order chi connectivity index (χ1) is 15.1. The molecule has 0 radical (unpaired) electrons. The number of carbonyl (C=O) groups is 1. The van der Waals surface area contributed by atoms with E-state index in [2.05, 4.69) is 70.7 Å². The highest BCUT2D eigenvalue weighted by atomic mass is 32.1. The Bertz CT molecular complexity index is 1010. The predicted octanol–water partition coefficient (Wildman–Crippen LogP) is 4.44. The first kappa shape index (κ1) is 21.7. The first-order valence-electron chi connectivity index (χ1n) is 10.8. The van der Waals surface area contributed by atoms with Crippen molar-refractivity contribution in [3.8, 4) is 10.6 Å². The van der Waals surface area contributed by atoms with Crippen molar-refractivity contribution in [1.82, 2.24) is 15.2 Å². The van der Waals surface area contributed by atoms with Crippen LogP contribution in [0.25, 0.3) is 10.6 Å². The van der Waals surface area contributed by atoms with Crippen LogP contribution >= 0.6 is 11.3 Å². The normalized spacial score (nSPS) is 14.5. The molecule has 1 amide bonds. The van der Waals surface area contributed by atoms with Crippen molar-refractivity contribution in [1.29, 1.82) is 0 Å². The number of thiazole rings is 1. The van der Waals surface area contributed by atoms with Gasteiger partial charge in [-0.1, -0.05) is 55.5 Å². The molecule has 2 aromatic carbocycles. The van der Waals surface area contributed by atoms with E-state index in [1.54, 1.807) is 0 Å². The molecule has 31 heavy (non-hydrogen) atoms. The van der Waals surface area contributed by atoms with Crippen LogP contribution in [-0.2, 0) is 24.2 Å². The van der Waals surface area contributed by atoms with Crippen molar-refractivity contribution < 1.29 is 9.53 Å². The second-order valence-corrected chi connectivity index (χ2v) is 8.87. The van der Waals surface area contributed by atoms with E-state index in [0.717, 1.165) is 61.1 Å². The molecular weight excluding hydrogens is 406 g/mol. The highest BCUT2D eigenvalue weighted by Crippen LogP contribution is 2.28. The molecule has 1 fully saturated rings. The summed E-state index contributed by atoms with van der Waals surface area (Å²) in [7, 11) is 0. The molecular formula is C25H29N3O2S. The summed E-state index contributed by atoms with van der Waals surface area (Å²) in [6.45, 7) is 9.08. The lowest BCUT2D eigenvalue weighted by atomic mass is 10.1. The molecule has 162 valence electrons. The van der Waals surface area contributed by atoms with Gasteiger partial charge >= 0.3 is 0 Å². The quantitative estimate of drug-likeness (QED) is 0.596. The van der Waals surface area contributed by atoms with Crippen LogP contribution < -0.4 is 5.32 Å². The van der Waals surface area contributed by atoms with E-state index in [4.69, 9.17) is 4.74 Å². The van der Waals surface area contributed by atoms with Gasteiger partial charge in [-0.05, 0) is 30.0 Å². The number of carbonyl (C=O) groups excluding carboxylic acids is 1. The highest BCUT2D eigenvalue weighted by molar-refractivity contribution is 7.17. The molecule has 2 heterocycles. The Morgan fingerprint density at radius 2 is 1.68 bits per heavy atom. The van der Waals surface area contributed by atoms with Gasteiger partial charge in [0.1, 0.15) is 9.88 Å². The number of rotatable bonds is 7. The SMILES string of the molecule is CCc1ccc(-c2nc(C)c(C(=O)NCc3ccc(CN4CCOCC4)cc3)s2)cc1. The number of morpholine rings is 1. The van der Waals surface area contributed by atoms with Gasteiger partial charge in [-0.15, -0.1) is 11.3 Å². The van der Waals surface area contributed by atoms with Gasteiger partial charge in [0.05, 0.1) is 18.9 Å². The average molecular weight is 436 g/mol. The van der Waals surface area contributed by atoms with Crippen LogP contribution in [-0.4, -0.2) is 42.1 Å². The lowest BCUT2D eigenvalue weighted by Crippen LogP contribution is -2.35. The van der Waals surface area contributed by atoms with Crippen LogP contribution in [0.5, 0.6) is 0 Å². The van der Waals surface area contributed by atoms with E-state index >= 15 is 0 Å². The maximum atomic E-state index is 12.8. The molecule has 1 aromatic heterocycles. The van der Waals surface area contributed by atoms with E-state index in [0.29, 0.717) is 11.4 Å². The Hall–Kier alpha value is -2.54. The average Bonchev–Trinajstić information content (AvgIpc) is 3.21. The molecule has 0 atom stereocenters. The third-order valence-corrected chi connectivity index (χ3v) is 6.80. The van der Waals surface area contributed by atoms with Crippen molar-refractivity contribution in [2.24, 2.45) is 0 Å². The molecule has 0 aliphatic carbocycles. The lowest BCUT2D eigenvalue weighted by Gasteiger charge is -2.26. The number of amides is 1. The molecule has 0 bridgehead atoms. The van der Waals surface area contributed by atoms with Crippen LogP contribution in [0.3, 0.4) is 0 Å². The van der Waals surface area contributed by atoms with Gasteiger partial charge in [0.2, 0.25) is 0 Å². The minimum absolute atomic E-state index is 0.0659. The van der Waals surface area contributed by atoms with E-state index in [1.807, 2.05) is 6.92 Å². The molecule has 0 spiro atoms. The first-order valence-corrected chi connectivity index (χ1v) is 11.7. The molecule has 3 aromatic rings. The summed E-state index contributed by atoms with van der Waals surface area (Å²) in [6, 6.07) is 16.9.